The van der Waals surface area contributed by atoms with E-state index >= 15 is 0 Å². The van der Waals surface area contributed by atoms with Crippen LogP contribution in [0.15, 0.2) is 53.6 Å². The van der Waals surface area contributed by atoms with Crippen molar-refractivity contribution in [3.8, 4) is 17.2 Å². The summed E-state index contributed by atoms with van der Waals surface area (Å²) >= 11 is 0. The van der Waals surface area contributed by atoms with Crippen LogP contribution in [0.5, 0.6) is 17.2 Å². The molecule has 0 saturated heterocycles. The van der Waals surface area contributed by atoms with E-state index in [1.165, 1.54) is 13.3 Å². The number of carboxylic acids is 1. The number of carbonyl (C=O) groups is 2. The number of hydrogen-bond donors (Lipinski definition) is 1. The van der Waals surface area contributed by atoms with Crippen LogP contribution in [0, 0.1) is 0 Å². The van der Waals surface area contributed by atoms with Crippen molar-refractivity contribution in [2.45, 2.75) is 0 Å². The van der Waals surface area contributed by atoms with Crippen molar-refractivity contribution < 1.29 is 28.9 Å². The minimum Gasteiger partial charge on any atom is -0.546 e. The lowest BCUT2D eigenvalue weighted by Crippen LogP contribution is -2.29. The number of methoxy groups -OCH3 is 1. The Morgan fingerprint density at radius 1 is 1.00 bits per heavy atom. The highest BCUT2D eigenvalue weighted by atomic mass is 16.5. The Bertz CT molecular complexity index is 791. The molecule has 0 aromatic heterocycles. The average Bonchev–Trinajstić information content (AvgIpc) is 2.65. The van der Waals surface area contributed by atoms with Crippen LogP contribution in [0.2, 0.25) is 0 Å². The molecule has 0 aliphatic heterocycles. The fourth-order valence-corrected chi connectivity index (χ4v) is 1.94. The van der Waals surface area contributed by atoms with E-state index < -0.39 is 18.5 Å². The molecule has 1 N–H and O–H groups in total. The molecule has 0 fully saturated rings. The van der Waals surface area contributed by atoms with Gasteiger partial charge in [0, 0.05) is 5.56 Å². The number of hydrazone groups is 1. The molecule has 0 radical (unpaired) electrons. The molecule has 8 nitrogen and oxygen atoms in total. The maximum Gasteiger partial charge on any atom is 0.277 e. The number of ether oxygens (including phenoxy) is 3. The first-order chi connectivity index (χ1) is 12.6. The van der Waals surface area contributed by atoms with E-state index in [-0.39, 0.29) is 6.61 Å². The number of carboxylic acid groups (broad SMARTS) is 1. The minimum absolute atomic E-state index is 0.249. The molecule has 0 unspecified atom stereocenters. The third kappa shape index (κ3) is 5.82. The highest BCUT2D eigenvalue weighted by Gasteiger charge is 2.06. The van der Waals surface area contributed by atoms with Gasteiger partial charge in [0.25, 0.3) is 5.91 Å². The second kappa shape index (κ2) is 9.67. The summed E-state index contributed by atoms with van der Waals surface area (Å²) in [5, 5.41) is 14.3. The van der Waals surface area contributed by atoms with E-state index in [0.29, 0.717) is 22.8 Å². The maximum absolute atomic E-state index is 11.8. The Balaban J connectivity index is 1.88. The normalized spacial score (nSPS) is 10.3. The molecular formula is C18H17N2O6-. The van der Waals surface area contributed by atoms with E-state index in [0.717, 1.165) is 0 Å². The number of nitrogens with zero attached hydrogens (tertiary/aromatic N) is 1. The molecule has 0 aliphatic carbocycles. The van der Waals surface area contributed by atoms with Gasteiger partial charge in [-0.3, -0.25) is 4.79 Å². The first-order valence-electron chi connectivity index (χ1n) is 7.59. The summed E-state index contributed by atoms with van der Waals surface area (Å²) in [6, 6.07) is 13.6. The topological polar surface area (TPSA) is 109 Å². The van der Waals surface area contributed by atoms with Gasteiger partial charge < -0.3 is 24.1 Å². The molecule has 26 heavy (non-hydrogen) atoms. The minimum atomic E-state index is -1.33. The van der Waals surface area contributed by atoms with Crippen molar-refractivity contribution in [3.05, 3.63) is 54.1 Å². The zero-order valence-electron chi connectivity index (χ0n) is 14.0. The average molecular weight is 357 g/mol. The second-order valence-electron chi connectivity index (χ2n) is 4.93. The van der Waals surface area contributed by atoms with Gasteiger partial charge in [-0.25, -0.2) is 5.43 Å². The summed E-state index contributed by atoms with van der Waals surface area (Å²) < 4.78 is 15.6. The van der Waals surface area contributed by atoms with Crippen LogP contribution in [0.25, 0.3) is 0 Å². The lowest BCUT2D eigenvalue weighted by Gasteiger charge is -2.10. The highest BCUT2D eigenvalue weighted by Crippen LogP contribution is 2.25. The zero-order chi connectivity index (χ0) is 18.8. The van der Waals surface area contributed by atoms with Crippen molar-refractivity contribution in [2.75, 3.05) is 20.3 Å². The lowest BCUT2D eigenvalue weighted by atomic mass is 10.2. The van der Waals surface area contributed by atoms with E-state index in [9.17, 15) is 14.7 Å². The van der Waals surface area contributed by atoms with E-state index in [2.05, 4.69) is 10.5 Å². The Kier molecular flexibility index (Phi) is 6.99. The number of nitrogens with one attached hydrogen (secondary N) is 1. The lowest BCUT2D eigenvalue weighted by molar-refractivity contribution is -0.307. The summed E-state index contributed by atoms with van der Waals surface area (Å²) in [5.74, 6) is -0.545. The van der Waals surface area contributed by atoms with E-state index in [1.54, 1.807) is 48.5 Å². The molecule has 0 bridgehead atoms. The van der Waals surface area contributed by atoms with Gasteiger partial charge in [0.1, 0.15) is 12.4 Å². The zero-order valence-corrected chi connectivity index (χ0v) is 14.0. The molecule has 2 rings (SSSR count). The van der Waals surface area contributed by atoms with Gasteiger partial charge in [-0.2, -0.15) is 5.10 Å². The van der Waals surface area contributed by atoms with Gasteiger partial charge in [-0.1, -0.05) is 24.3 Å². The molecule has 136 valence electrons. The van der Waals surface area contributed by atoms with Crippen LogP contribution < -0.4 is 24.7 Å². The Morgan fingerprint density at radius 3 is 2.31 bits per heavy atom. The molecule has 0 atom stereocenters. The predicted octanol–water partition coefficient (Wildman–Crippen LogP) is 0.353. The van der Waals surface area contributed by atoms with E-state index in [1.807, 2.05) is 0 Å². The Morgan fingerprint density at radius 2 is 1.62 bits per heavy atom. The maximum atomic E-state index is 11.8. The summed E-state index contributed by atoms with van der Waals surface area (Å²) in [6.07, 6.45) is 1.34. The highest BCUT2D eigenvalue weighted by molar-refractivity contribution is 5.85. The number of aliphatic carboxylic acids is 1. The Hall–Kier alpha value is -3.55. The largest absolute Gasteiger partial charge is 0.546 e. The fourth-order valence-electron chi connectivity index (χ4n) is 1.94. The number of carbonyl (C=O) groups excluding carboxylic acids is 2. The summed E-state index contributed by atoms with van der Waals surface area (Å²) in [7, 11) is 1.51. The van der Waals surface area contributed by atoms with Crippen LogP contribution >= 0.6 is 0 Å². The number of rotatable bonds is 9. The fraction of sp³-hybridized carbons (Fsp3) is 0.167. The molecule has 1 amide bonds. The summed E-state index contributed by atoms with van der Waals surface area (Å²) in [5.41, 5.74) is 2.81. The number of para-hydroxylation sites is 3. The van der Waals surface area contributed by atoms with Crippen LogP contribution in [-0.2, 0) is 9.59 Å². The van der Waals surface area contributed by atoms with Crippen LogP contribution in [0.4, 0.5) is 0 Å². The SMILES string of the molecule is COc1ccccc1OCC(=O)N/N=C\c1ccccc1OCC(=O)[O-]. The molecule has 0 saturated carbocycles. The molecule has 0 heterocycles. The quantitative estimate of drug-likeness (QED) is 0.512. The van der Waals surface area contributed by atoms with Crippen molar-refractivity contribution in [2.24, 2.45) is 5.10 Å². The molecule has 0 spiro atoms. The van der Waals surface area contributed by atoms with Gasteiger partial charge in [0.15, 0.2) is 18.1 Å². The summed E-state index contributed by atoms with van der Waals surface area (Å²) in [4.78, 5) is 22.3. The van der Waals surface area contributed by atoms with Crippen LogP contribution in [0.1, 0.15) is 5.56 Å². The van der Waals surface area contributed by atoms with Gasteiger partial charge in [0.05, 0.1) is 19.3 Å². The summed E-state index contributed by atoms with van der Waals surface area (Å²) in [6.45, 7) is -0.829. The van der Waals surface area contributed by atoms with Crippen molar-refractivity contribution in [3.63, 3.8) is 0 Å². The third-order valence-electron chi connectivity index (χ3n) is 3.09. The molecular weight excluding hydrogens is 340 g/mol. The smallest absolute Gasteiger partial charge is 0.277 e. The van der Waals surface area contributed by atoms with Gasteiger partial charge in [-0.15, -0.1) is 0 Å². The number of amides is 1. The Labute approximate surface area is 150 Å². The van der Waals surface area contributed by atoms with Crippen molar-refractivity contribution in [1.29, 1.82) is 0 Å². The van der Waals surface area contributed by atoms with Crippen molar-refractivity contribution >= 4 is 18.1 Å². The molecule has 0 aliphatic rings. The third-order valence-corrected chi connectivity index (χ3v) is 3.09. The molecule has 8 heteroatoms. The van der Waals surface area contributed by atoms with Crippen LogP contribution in [0.3, 0.4) is 0 Å². The molecule has 2 aromatic rings. The van der Waals surface area contributed by atoms with Gasteiger partial charge in [0.2, 0.25) is 0 Å². The first kappa shape index (κ1) is 18.8. The molecule has 2 aromatic carbocycles. The van der Waals surface area contributed by atoms with Crippen LogP contribution in [-0.4, -0.2) is 38.4 Å². The second-order valence-corrected chi connectivity index (χ2v) is 4.93. The van der Waals surface area contributed by atoms with Gasteiger partial charge in [-0.05, 0) is 24.3 Å². The van der Waals surface area contributed by atoms with Crippen molar-refractivity contribution in [1.82, 2.24) is 5.43 Å². The number of benzene rings is 2. The number of hydrogen-bond acceptors (Lipinski definition) is 7. The standard InChI is InChI=1S/C18H18N2O6/c1-24-15-8-4-5-9-16(15)25-11-17(21)20-19-10-13-6-2-3-7-14(13)26-12-18(22)23/h2-10H,11-12H2,1H3,(H,20,21)(H,22,23)/p-1/b19-10-. The monoisotopic (exact) mass is 357 g/mol. The first-order valence-corrected chi connectivity index (χ1v) is 7.59. The van der Waals surface area contributed by atoms with E-state index in [4.69, 9.17) is 14.2 Å². The predicted molar refractivity (Wildman–Crippen MR) is 91.2 cm³/mol. The van der Waals surface area contributed by atoms with Gasteiger partial charge >= 0.3 is 0 Å².